The third kappa shape index (κ3) is 2.27. The Morgan fingerprint density at radius 2 is 1.88 bits per heavy atom. The monoisotopic (exact) mass is 320 g/mol. The molecule has 3 rings (SSSR count). The zero-order chi connectivity index (χ0) is 17.4. The lowest BCUT2D eigenvalue weighted by atomic mass is 10.1. The van der Waals surface area contributed by atoms with Crippen molar-refractivity contribution in [1.82, 2.24) is 4.57 Å². The average Bonchev–Trinajstić information content (AvgIpc) is 2.55. The van der Waals surface area contributed by atoms with E-state index in [2.05, 4.69) is 0 Å². The predicted octanol–water partition coefficient (Wildman–Crippen LogP) is 2.66. The number of nitro benzene ring substituents is 1. The fourth-order valence-electron chi connectivity index (χ4n) is 2.61. The highest BCUT2D eigenvalue weighted by Gasteiger charge is 2.16. The molecule has 7 heteroatoms. The molecule has 0 atom stereocenters. The maximum absolute atomic E-state index is 12.7. The minimum Gasteiger partial charge on any atom is -0.397 e. The Hall–Kier alpha value is -3.66. The van der Waals surface area contributed by atoms with Crippen molar-refractivity contribution in [2.75, 3.05) is 5.73 Å². The van der Waals surface area contributed by atoms with Crippen LogP contribution >= 0.6 is 0 Å². The van der Waals surface area contributed by atoms with Gasteiger partial charge < -0.3 is 5.73 Å². The number of anilines is 1. The van der Waals surface area contributed by atoms with Gasteiger partial charge in [0.2, 0.25) is 0 Å². The van der Waals surface area contributed by atoms with Gasteiger partial charge in [-0.05, 0) is 30.7 Å². The number of nitrogens with zero attached hydrogens (tertiary/aromatic N) is 3. The van der Waals surface area contributed by atoms with Crippen molar-refractivity contribution in [3.05, 3.63) is 74.1 Å². The molecule has 0 amide bonds. The Balaban J connectivity index is 2.42. The lowest BCUT2D eigenvalue weighted by Gasteiger charge is -2.14. The van der Waals surface area contributed by atoms with E-state index in [-0.39, 0.29) is 16.9 Å². The lowest BCUT2D eigenvalue weighted by molar-refractivity contribution is -0.384. The highest BCUT2D eigenvalue weighted by Crippen LogP contribution is 2.26. The zero-order valence-electron chi connectivity index (χ0n) is 12.7. The molecule has 0 spiro atoms. The summed E-state index contributed by atoms with van der Waals surface area (Å²) < 4.78 is 1.35. The number of nitro groups is 1. The molecule has 1 aromatic heterocycles. The summed E-state index contributed by atoms with van der Waals surface area (Å²) in [5.41, 5.74) is 7.21. The topological polar surface area (TPSA) is 115 Å². The molecule has 0 aliphatic carbocycles. The second-order valence-electron chi connectivity index (χ2n) is 5.34. The molecule has 24 heavy (non-hydrogen) atoms. The Kier molecular flexibility index (Phi) is 3.50. The molecule has 118 valence electrons. The van der Waals surface area contributed by atoms with Crippen molar-refractivity contribution in [1.29, 1.82) is 5.26 Å². The molecule has 2 N–H and O–H groups in total. The van der Waals surface area contributed by atoms with Crippen LogP contribution in [-0.2, 0) is 0 Å². The van der Waals surface area contributed by atoms with Crippen LogP contribution in [0.5, 0.6) is 0 Å². The number of fused-ring (bicyclic) bond motifs is 1. The number of nitrogen functional groups attached to an aromatic ring is 1. The van der Waals surface area contributed by atoms with E-state index in [9.17, 15) is 20.2 Å². The highest BCUT2D eigenvalue weighted by atomic mass is 16.6. The van der Waals surface area contributed by atoms with Gasteiger partial charge in [0.25, 0.3) is 11.2 Å². The summed E-state index contributed by atoms with van der Waals surface area (Å²) in [4.78, 5) is 23.0. The van der Waals surface area contributed by atoms with Gasteiger partial charge in [-0.3, -0.25) is 19.5 Å². The minimum atomic E-state index is -0.554. The van der Waals surface area contributed by atoms with Gasteiger partial charge in [0.15, 0.2) is 0 Å². The molecule has 0 saturated carbocycles. The van der Waals surface area contributed by atoms with Gasteiger partial charge in [0.05, 0.1) is 16.1 Å². The second kappa shape index (κ2) is 5.52. The number of rotatable bonds is 2. The van der Waals surface area contributed by atoms with E-state index < -0.39 is 10.5 Å². The third-order valence-electron chi connectivity index (χ3n) is 3.80. The van der Waals surface area contributed by atoms with Crippen LogP contribution in [0.3, 0.4) is 0 Å². The standard InChI is InChI=1S/C17H12N4O3/c1-10-2-7-13-15(8-10)20(17(22)14(9-18)16(13)19)11-3-5-12(6-4-11)21(23)24/h2-8H,19H2,1H3. The molecule has 3 aromatic rings. The molecule has 0 radical (unpaired) electrons. The van der Waals surface area contributed by atoms with E-state index >= 15 is 0 Å². The normalized spacial score (nSPS) is 10.5. The van der Waals surface area contributed by atoms with Gasteiger partial charge in [0, 0.05) is 23.2 Å². The summed E-state index contributed by atoms with van der Waals surface area (Å²) in [5, 5.41) is 20.6. The smallest absolute Gasteiger partial charge is 0.275 e. The van der Waals surface area contributed by atoms with Crippen LogP contribution in [0.2, 0.25) is 0 Å². The summed E-state index contributed by atoms with van der Waals surface area (Å²) in [6.07, 6.45) is 0. The van der Waals surface area contributed by atoms with Crippen molar-refractivity contribution in [2.45, 2.75) is 6.92 Å². The van der Waals surface area contributed by atoms with Crippen LogP contribution in [0.15, 0.2) is 47.3 Å². The van der Waals surface area contributed by atoms with E-state index in [0.29, 0.717) is 16.6 Å². The summed E-state index contributed by atoms with van der Waals surface area (Å²) in [7, 11) is 0. The van der Waals surface area contributed by atoms with E-state index in [1.165, 1.54) is 28.8 Å². The molecular formula is C17H12N4O3. The molecule has 0 saturated heterocycles. The SMILES string of the molecule is Cc1ccc2c(N)c(C#N)c(=O)n(-c3ccc([N+](=O)[O-])cc3)c2c1. The van der Waals surface area contributed by atoms with Gasteiger partial charge in [-0.2, -0.15) is 5.26 Å². The molecule has 0 aliphatic rings. The van der Waals surface area contributed by atoms with Gasteiger partial charge in [-0.1, -0.05) is 12.1 Å². The number of nitriles is 1. The lowest BCUT2D eigenvalue weighted by Crippen LogP contribution is -2.23. The first-order valence-corrected chi connectivity index (χ1v) is 7.04. The number of benzene rings is 2. The van der Waals surface area contributed by atoms with Crippen LogP contribution in [0.4, 0.5) is 11.4 Å². The average molecular weight is 320 g/mol. The number of aryl methyl sites for hydroxylation is 1. The number of hydrogen-bond donors (Lipinski definition) is 1. The van der Waals surface area contributed by atoms with Gasteiger partial charge in [0.1, 0.15) is 11.6 Å². The number of hydrogen-bond acceptors (Lipinski definition) is 5. The van der Waals surface area contributed by atoms with Crippen LogP contribution in [0.1, 0.15) is 11.1 Å². The Bertz CT molecular complexity index is 1080. The number of pyridine rings is 1. The molecule has 0 aliphatic heterocycles. The molecule has 1 heterocycles. The molecule has 0 fully saturated rings. The van der Waals surface area contributed by atoms with E-state index in [1.54, 1.807) is 12.1 Å². The fourth-order valence-corrected chi connectivity index (χ4v) is 2.61. The first-order valence-electron chi connectivity index (χ1n) is 7.04. The van der Waals surface area contributed by atoms with E-state index in [1.807, 2.05) is 19.1 Å². The Labute approximate surface area is 136 Å². The van der Waals surface area contributed by atoms with Crippen molar-refractivity contribution in [3.8, 4) is 11.8 Å². The van der Waals surface area contributed by atoms with Crippen LogP contribution in [0, 0.1) is 28.4 Å². The van der Waals surface area contributed by atoms with Gasteiger partial charge in [-0.25, -0.2) is 0 Å². The van der Waals surface area contributed by atoms with Gasteiger partial charge in [-0.15, -0.1) is 0 Å². The number of non-ortho nitro benzene ring substituents is 1. The van der Waals surface area contributed by atoms with Crippen molar-refractivity contribution < 1.29 is 4.92 Å². The quantitative estimate of drug-likeness (QED) is 0.575. The maximum Gasteiger partial charge on any atom is 0.275 e. The van der Waals surface area contributed by atoms with Crippen molar-refractivity contribution >= 4 is 22.3 Å². The van der Waals surface area contributed by atoms with E-state index in [0.717, 1.165) is 5.56 Å². The van der Waals surface area contributed by atoms with Crippen molar-refractivity contribution in [2.24, 2.45) is 0 Å². The molecular weight excluding hydrogens is 308 g/mol. The minimum absolute atomic E-state index is 0.0803. The maximum atomic E-state index is 12.7. The van der Waals surface area contributed by atoms with Crippen LogP contribution in [0.25, 0.3) is 16.6 Å². The largest absolute Gasteiger partial charge is 0.397 e. The number of aromatic nitrogens is 1. The first kappa shape index (κ1) is 15.2. The Morgan fingerprint density at radius 3 is 2.46 bits per heavy atom. The summed E-state index contributed by atoms with van der Waals surface area (Å²) in [5.74, 6) is 0. The predicted molar refractivity (Wildman–Crippen MR) is 90.1 cm³/mol. The molecule has 0 unspecified atom stereocenters. The fraction of sp³-hybridized carbons (Fsp3) is 0.0588. The Morgan fingerprint density at radius 1 is 1.21 bits per heavy atom. The molecule has 2 aromatic carbocycles. The molecule has 0 bridgehead atoms. The van der Waals surface area contributed by atoms with Gasteiger partial charge >= 0.3 is 0 Å². The first-order chi connectivity index (χ1) is 11.4. The van der Waals surface area contributed by atoms with E-state index in [4.69, 9.17) is 5.73 Å². The summed E-state index contributed by atoms with van der Waals surface area (Å²) >= 11 is 0. The summed E-state index contributed by atoms with van der Waals surface area (Å²) in [6.45, 7) is 1.87. The highest BCUT2D eigenvalue weighted by molar-refractivity contribution is 5.94. The van der Waals surface area contributed by atoms with Crippen LogP contribution in [-0.4, -0.2) is 9.49 Å². The van der Waals surface area contributed by atoms with Crippen molar-refractivity contribution in [3.63, 3.8) is 0 Å². The molecule has 7 nitrogen and oxygen atoms in total. The number of nitrogens with two attached hydrogens (primary N) is 1. The van der Waals surface area contributed by atoms with Crippen LogP contribution < -0.4 is 11.3 Å². The second-order valence-corrected chi connectivity index (χ2v) is 5.34. The summed E-state index contributed by atoms with van der Waals surface area (Å²) in [6, 6.07) is 12.8. The zero-order valence-corrected chi connectivity index (χ0v) is 12.7. The third-order valence-corrected chi connectivity index (χ3v) is 3.80.